The molecule has 0 bridgehead atoms. The smallest absolute Gasteiger partial charge is 0.243 e. The van der Waals surface area contributed by atoms with E-state index in [0.717, 1.165) is 34.9 Å². The molecule has 2 heterocycles. The SMILES string of the molecule is Cc1ccc(Nc2c(-c3ccc(F)cc3)cc3n2CC(=O)N(CCN(C)C)C3(C)C)cc1. The van der Waals surface area contributed by atoms with E-state index >= 15 is 0 Å². The van der Waals surface area contributed by atoms with Crippen LogP contribution >= 0.6 is 0 Å². The monoisotopic (exact) mass is 434 g/mol. The molecule has 1 N–H and O–H groups in total. The number of aryl methyl sites for hydroxylation is 1. The number of halogens is 1. The number of nitrogens with zero attached hydrogens (tertiary/aromatic N) is 3. The van der Waals surface area contributed by atoms with Crippen molar-refractivity contribution in [2.75, 3.05) is 32.5 Å². The molecule has 3 aromatic rings. The second kappa shape index (κ2) is 8.43. The van der Waals surface area contributed by atoms with Crippen molar-refractivity contribution in [1.82, 2.24) is 14.4 Å². The summed E-state index contributed by atoms with van der Waals surface area (Å²) in [6.07, 6.45) is 0. The predicted molar refractivity (Wildman–Crippen MR) is 128 cm³/mol. The van der Waals surface area contributed by atoms with Gasteiger partial charge in [0.1, 0.15) is 18.2 Å². The van der Waals surface area contributed by atoms with Crippen molar-refractivity contribution in [2.45, 2.75) is 32.9 Å². The molecular weight excluding hydrogens is 403 g/mol. The van der Waals surface area contributed by atoms with Crippen molar-refractivity contribution in [3.63, 3.8) is 0 Å². The molecule has 5 nitrogen and oxygen atoms in total. The van der Waals surface area contributed by atoms with Crippen LogP contribution in [0.25, 0.3) is 11.1 Å². The minimum Gasteiger partial charge on any atom is -0.341 e. The third-order valence-electron chi connectivity index (χ3n) is 6.23. The maximum absolute atomic E-state index is 13.6. The van der Waals surface area contributed by atoms with E-state index in [0.29, 0.717) is 6.54 Å². The molecule has 1 aliphatic rings. The molecule has 0 saturated carbocycles. The number of aromatic nitrogens is 1. The first-order chi connectivity index (χ1) is 15.2. The topological polar surface area (TPSA) is 40.5 Å². The van der Waals surface area contributed by atoms with Crippen LogP contribution in [0.5, 0.6) is 0 Å². The summed E-state index contributed by atoms with van der Waals surface area (Å²) in [6.45, 7) is 7.97. The summed E-state index contributed by atoms with van der Waals surface area (Å²) >= 11 is 0. The summed E-state index contributed by atoms with van der Waals surface area (Å²) in [6, 6.07) is 16.8. The quantitative estimate of drug-likeness (QED) is 0.595. The first-order valence-electron chi connectivity index (χ1n) is 11.0. The Kier molecular flexibility index (Phi) is 5.82. The van der Waals surface area contributed by atoms with E-state index in [9.17, 15) is 9.18 Å². The van der Waals surface area contributed by atoms with Gasteiger partial charge in [0.25, 0.3) is 0 Å². The zero-order valence-electron chi connectivity index (χ0n) is 19.4. The van der Waals surface area contributed by atoms with Crippen molar-refractivity contribution < 1.29 is 9.18 Å². The van der Waals surface area contributed by atoms with Gasteiger partial charge in [-0.2, -0.15) is 0 Å². The maximum atomic E-state index is 13.6. The van der Waals surface area contributed by atoms with Crippen molar-refractivity contribution in [2.24, 2.45) is 0 Å². The molecule has 0 aliphatic carbocycles. The van der Waals surface area contributed by atoms with E-state index in [4.69, 9.17) is 0 Å². The summed E-state index contributed by atoms with van der Waals surface area (Å²) in [5.74, 6) is 0.679. The molecule has 1 aliphatic heterocycles. The van der Waals surface area contributed by atoms with Gasteiger partial charge < -0.3 is 19.7 Å². The molecule has 168 valence electrons. The van der Waals surface area contributed by atoms with Crippen LogP contribution in [0.3, 0.4) is 0 Å². The van der Waals surface area contributed by atoms with Gasteiger partial charge >= 0.3 is 0 Å². The van der Waals surface area contributed by atoms with Crippen LogP contribution < -0.4 is 5.32 Å². The average molecular weight is 435 g/mol. The van der Waals surface area contributed by atoms with Gasteiger partial charge in [0.15, 0.2) is 0 Å². The highest BCUT2D eigenvalue weighted by molar-refractivity contribution is 5.85. The van der Waals surface area contributed by atoms with Gasteiger partial charge in [-0.15, -0.1) is 0 Å². The number of carbonyl (C=O) groups excluding carboxylic acids is 1. The lowest BCUT2D eigenvalue weighted by atomic mass is 9.94. The molecular formula is C26H31FN4O. The molecule has 0 saturated heterocycles. The van der Waals surface area contributed by atoms with Crippen LogP contribution in [0.2, 0.25) is 0 Å². The number of nitrogens with one attached hydrogen (secondary N) is 1. The number of anilines is 2. The predicted octanol–water partition coefficient (Wildman–Crippen LogP) is 4.99. The number of rotatable bonds is 6. The molecule has 4 rings (SSSR count). The second-order valence-electron chi connectivity index (χ2n) is 9.28. The van der Waals surface area contributed by atoms with E-state index < -0.39 is 5.54 Å². The molecule has 2 aromatic carbocycles. The van der Waals surface area contributed by atoms with E-state index in [1.165, 1.54) is 17.7 Å². The highest BCUT2D eigenvalue weighted by Gasteiger charge is 2.41. The molecule has 6 heteroatoms. The van der Waals surface area contributed by atoms with E-state index in [1.807, 2.05) is 31.1 Å². The Labute approximate surface area is 189 Å². The minimum absolute atomic E-state index is 0.0950. The zero-order valence-corrected chi connectivity index (χ0v) is 19.4. The number of likely N-dealkylation sites (N-methyl/N-ethyl adjacent to an activating group) is 1. The largest absolute Gasteiger partial charge is 0.341 e. The second-order valence-corrected chi connectivity index (χ2v) is 9.28. The molecule has 0 atom stereocenters. The molecule has 0 radical (unpaired) electrons. The lowest BCUT2D eigenvalue weighted by Gasteiger charge is -2.44. The third kappa shape index (κ3) is 4.15. The van der Waals surface area contributed by atoms with Gasteiger partial charge in [0.05, 0.1) is 5.54 Å². The van der Waals surface area contributed by atoms with E-state index in [-0.39, 0.29) is 18.3 Å². The van der Waals surface area contributed by atoms with E-state index in [2.05, 4.69) is 53.8 Å². The number of hydrogen-bond acceptors (Lipinski definition) is 3. The van der Waals surface area contributed by atoms with Crippen LogP contribution in [-0.2, 0) is 16.9 Å². The zero-order chi connectivity index (χ0) is 23.0. The molecule has 0 fully saturated rings. The first-order valence-corrected chi connectivity index (χ1v) is 11.0. The Morgan fingerprint density at radius 2 is 1.72 bits per heavy atom. The fraction of sp³-hybridized carbons (Fsp3) is 0.346. The fourth-order valence-electron chi connectivity index (χ4n) is 4.35. The fourth-order valence-corrected chi connectivity index (χ4v) is 4.35. The van der Waals surface area contributed by atoms with Gasteiger partial charge in [-0.05, 0) is 70.8 Å². The van der Waals surface area contributed by atoms with Gasteiger partial charge in [-0.1, -0.05) is 29.8 Å². The summed E-state index contributed by atoms with van der Waals surface area (Å²) in [5.41, 5.74) is 4.57. The van der Waals surface area contributed by atoms with Crippen molar-refractivity contribution in [3.8, 4) is 11.1 Å². The summed E-state index contributed by atoms with van der Waals surface area (Å²) in [4.78, 5) is 17.3. The Morgan fingerprint density at radius 1 is 1.06 bits per heavy atom. The van der Waals surface area contributed by atoms with Crippen LogP contribution in [0.1, 0.15) is 25.1 Å². The number of benzene rings is 2. The number of amides is 1. The van der Waals surface area contributed by atoms with Crippen molar-refractivity contribution >= 4 is 17.4 Å². The molecule has 1 amide bonds. The van der Waals surface area contributed by atoms with Crippen LogP contribution in [0.15, 0.2) is 54.6 Å². The minimum atomic E-state index is -0.479. The molecule has 32 heavy (non-hydrogen) atoms. The van der Waals surface area contributed by atoms with Crippen molar-refractivity contribution in [1.29, 1.82) is 0 Å². The Bertz CT molecular complexity index is 1110. The maximum Gasteiger partial charge on any atom is 0.243 e. The van der Waals surface area contributed by atoms with Gasteiger partial charge in [0.2, 0.25) is 5.91 Å². The Balaban J connectivity index is 1.83. The lowest BCUT2D eigenvalue weighted by Crippen LogP contribution is -2.53. The summed E-state index contributed by atoms with van der Waals surface area (Å²) in [7, 11) is 4.03. The Morgan fingerprint density at radius 3 is 2.34 bits per heavy atom. The van der Waals surface area contributed by atoms with Gasteiger partial charge in [-0.25, -0.2) is 4.39 Å². The van der Waals surface area contributed by atoms with Crippen LogP contribution in [0, 0.1) is 12.7 Å². The molecule has 1 aromatic heterocycles. The first kappa shape index (κ1) is 22.1. The third-order valence-corrected chi connectivity index (χ3v) is 6.23. The molecule has 0 unspecified atom stereocenters. The number of carbonyl (C=O) groups is 1. The Hall–Kier alpha value is -3.12. The molecule has 0 spiro atoms. The normalized spacial score (nSPS) is 15.2. The highest BCUT2D eigenvalue weighted by Crippen LogP contribution is 2.42. The van der Waals surface area contributed by atoms with E-state index in [1.54, 1.807) is 12.1 Å². The summed E-state index contributed by atoms with van der Waals surface area (Å²) in [5, 5.41) is 3.53. The standard InChI is InChI=1S/C26H31FN4O/c1-18-6-12-21(13-7-18)28-25-22(19-8-10-20(27)11-9-19)16-23-26(2,3)31(15-14-29(4)5)24(32)17-30(23)25/h6-13,16,28H,14-15,17H2,1-5H3. The van der Waals surface area contributed by atoms with Crippen LogP contribution in [-0.4, -0.2) is 47.5 Å². The number of fused-ring (bicyclic) bond motifs is 1. The van der Waals surface area contributed by atoms with Crippen LogP contribution in [0.4, 0.5) is 15.9 Å². The highest BCUT2D eigenvalue weighted by atomic mass is 19.1. The lowest BCUT2D eigenvalue weighted by molar-refractivity contribution is -0.140. The van der Waals surface area contributed by atoms with Gasteiger partial charge in [-0.3, -0.25) is 4.79 Å². The van der Waals surface area contributed by atoms with Gasteiger partial charge in [0, 0.05) is 30.0 Å². The average Bonchev–Trinajstić information content (AvgIpc) is 3.08. The number of hydrogen-bond donors (Lipinski definition) is 1. The van der Waals surface area contributed by atoms with Crippen molar-refractivity contribution in [3.05, 3.63) is 71.7 Å². The summed E-state index contributed by atoms with van der Waals surface area (Å²) < 4.78 is 15.7.